The average Bonchev–Trinajstić information content (AvgIpc) is 2.42. The lowest BCUT2D eigenvalue weighted by Gasteiger charge is -2.23. The Balaban J connectivity index is 2.48. The van der Waals surface area contributed by atoms with Crippen LogP contribution in [0.15, 0.2) is 12.2 Å². The van der Waals surface area contributed by atoms with Crippen molar-refractivity contribution in [3.8, 4) is 11.8 Å². The molecule has 0 radical (unpaired) electrons. The lowest BCUT2D eigenvalue weighted by atomic mass is 10.0. The largest absolute Gasteiger partial charge is 0.383 e. The van der Waals surface area contributed by atoms with Gasteiger partial charge in [-0.2, -0.15) is 0 Å². The van der Waals surface area contributed by atoms with Gasteiger partial charge in [0.15, 0.2) is 0 Å². The zero-order chi connectivity index (χ0) is 15.0. The van der Waals surface area contributed by atoms with Gasteiger partial charge in [0, 0.05) is 26.5 Å². The molecule has 1 aliphatic rings. The van der Waals surface area contributed by atoms with Gasteiger partial charge < -0.3 is 10.1 Å². The van der Waals surface area contributed by atoms with Gasteiger partial charge in [-0.3, -0.25) is 14.9 Å². The van der Waals surface area contributed by atoms with E-state index in [0.29, 0.717) is 26.0 Å². The first-order valence-corrected chi connectivity index (χ1v) is 6.80. The molecule has 1 aliphatic heterocycles. The van der Waals surface area contributed by atoms with E-state index in [2.05, 4.69) is 29.1 Å². The van der Waals surface area contributed by atoms with Crippen molar-refractivity contribution in [2.75, 3.05) is 20.3 Å². The topological polar surface area (TPSA) is 67.4 Å². The number of piperidine rings is 1. The van der Waals surface area contributed by atoms with Crippen LogP contribution >= 0.6 is 0 Å². The predicted molar refractivity (Wildman–Crippen MR) is 76.7 cm³/mol. The van der Waals surface area contributed by atoms with Crippen LogP contribution in [0.2, 0.25) is 0 Å². The average molecular weight is 278 g/mol. The molecule has 2 amide bonds. The predicted octanol–water partition coefficient (Wildman–Crippen LogP) is 0.613. The van der Waals surface area contributed by atoms with Gasteiger partial charge >= 0.3 is 0 Å². The maximum Gasteiger partial charge on any atom is 0.243 e. The number of nitrogens with one attached hydrogen (secondary N) is 2. The highest BCUT2D eigenvalue weighted by atomic mass is 16.5. The molecule has 1 saturated heterocycles. The van der Waals surface area contributed by atoms with Crippen molar-refractivity contribution < 1.29 is 14.3 Å². The van der Waals surface area contributed by atoms with Gasteiger partial charge in [0.05, 0.1) is 18.6 Å². The molecule has 0 aromatic rings. The minimum atomic E-state index is -0.341. The van der Waals surface area contributed by atoms with Crippen molar-refractivity contribution in [1.29, 1.82) is 0 Å². The SMILES string of the molecule is C=C(CNC1CCC(=O)NC1=O)C(C#CCC)COC. The van der Waals surface area contributed by atoms with E-state index in [4.69, 9.17) is 4.74 Å². The molecule has 2 atom stereocenters. The number of rotatable bonds is 6. The lowest BCUT2D eigenvalue weighted by molar-refractivity contribution is -0.134. The van der Waals surface area contributed by atoms with Crippen LogP contribution in [0.4, 0.5) is 0 Å². The van der Waals surface area contributed by atoms with Crippen LogP contribution in [-0.4, -0.2) is 38.1 Å². The first-order chi connectivity index (χ1) is 9.58. The van der Waals surface area contributed by atoms with Crippen LogP contribution < -0.4 is 10.6 Å². The minimum Gasteiger partial charge on any atom is -0.383 e. The summed E-state index contributed by atoms with van der Waals surface area (Å²) < 4.78 is 5.13. The van der Waals surface area contributed by atoms with E-state index >= 15 is 0 Å². The number of hydrogen-bond acceptors (Lipinski definition) is 4. The lowest BCUT2D eigenvalue weighted by Crippen LogP contribution is -2.51. The second-order valence-electron chi connectivity index (χ2n) is 4.73. The fraction of sp³-hybridized carbons (Fsp3) is 0.600. The van der Waals surface area contributed by atoms with E-state index in [1.807, 2.05) is 6.92 Å². The summed E-state index contributed by atoms with van der Waals surface area (Å²) in [5.74, 6) is 5.61. The minimum absolute atomic E-state index is 0.0410. The molecule has 0 aromatic heterocycles. The van der Waals surface area contributed by atoms with Crippen LogP contribution in [0.5, 0.6) is 0 Å². The molecule has 0 spiro atoms. The van der Waals surface area contributed by atoms with Gasteiger partial charge in [-0.25, -0.2) is 0 Å². The molecule has 1 rings (SSSR count). The van der Waals surface area contributed by atoms with Crippen molar-refractivity contribution in [3.05, 3.63) is 12.2 Å². The third-order valence-electron chi connectivity index (χ3n) is 3.09. The zero-order valence-corrected chi connectivity index (χ0v) is 12.1. The third-order valence-corrected chi connectivity index (χ3v) is 3.09. The van der Waals surface area contributed by atoms with Crippen LogP contribution in [-0.2, 0) is 14.3 Å². The van der Waals surface area contributed by atoms with Gasteiger partial charge in [-0.15, -0.1) is 5.92 Å². The van der Waals surface area contributed by atoms with Gasteiger partial charge in [-0.1, -0.05) is 19.4 Å². The molecular weight excluding hydrogens is 256 g/mol. The molecule has 0 aromatic carbocycles. The van der Waals surface area contributed by atoms with E-state index in [0.717, 1.165) is 12.0 Å². The molecule has 1 fully saturated rings. The molecule has 0 aliphatic carbocycles. The van der Waals surface area contributed by atoms with Crippen molar-refractivity contribution in [3.63, 3.8) is 0 Å². The molecule has 5 heteroatoms. The number of methoxy groups -OCH3 is 1. The molecule has 5 nitrogen and oxygen atoms in total. The van der Waals surface area contributed by atoms with E-state index in [1.165, 1.54) is 0 Å². The fourth-order valence-corrected chi connectivity index (χ4v) is 1.92. The Kier molecular flexibility index (Phi) is 6.99. The van der Waals surface area contributed by atoms with Crippen molar-refractivity contribution >= 4 is 11.8 Å². The van der Waals surface area contributed by atoms with Gasteiger partial charge in [0.1, 0.15) is 0 Å². The first kappa shape index (κ1) is 16.4. The van der Waals surface area contributed by atoms with Crippen LogP contribution in [0, 0.1) is 17.8 Å². The molecule has 1 heterocycles. The van der Waals surface area contributed by atoms with E-state index in [1.54, 1.807) is 7.11 Å². The summed E-state index contributed by atoms with van der Waals surface area (Å²) >= 11 is 0. The highest BCUT2D eigenvalue weighted by Crippen LogP contribution is 2.10. The molecular formula is C15H22N2O3. The Morgan fingerprint density at radius 2 is 2.35 bits per heavy atom. The van der Waals surface area contributed by atoms with Gasteiger partial charge in [-0.05, 0) is 12.0 Å². The standard InChI is InChI=1S/C15H22N2O3/c1-4-5-6-12(10-20-3)11(2)9-16-13-7-8-14(18)17-15(13)19/h12-13,16H,2,4,7-10H2,1,3H3,(H,17,18,19). The summed E-state index contributed by atoms with van der Waals surface area (Å²) in [5.41, 5.74) is 0.887. The molecule has 0 saturated carbocycles. The highest BCUT2D eigenvalue weighted by Gasteiger charge is 2.26. The van der Waals surface area contributed by atoms with Crippen LogP contribution in [0.25, 0.3) is 0 Å². The smallest absolute Gasteiger partial charge is 0.243 e. The molecule has 2 N–H and O–H groups in total. The summed E-state index contributed by atoms with van der Waals surface area (Å²) in [5, 5.41) is 5.44. The monoisotopic (exact) mass is 278 g/mol. The molecule has 110 valence electrons. The van der Waals surface area contributed by atoms with E-state index < -0.39 is 0 Å². The summed E-state index contributed by atoms with van der Waals surface area (Å²) in [7, 11) is 1.63. The molecule has 2 unspecified atom stereocenters. The van der Waals surface area contributed by atoms with Crippen molar-refractivity contribution in [2.45, 2.75) is 32.2 Å². The first-order valence-electron chi connectivity index (χ1n) is 6.80. The Morgan fingerprint density at radius 1 is 1.60 bits per heavy atom. The van der Waals surface area contributed by atoms with Gasteiger partial charge in [0.25, 0.3) is 0 Å². The summed E-state index contributed by atoms with van der Waals surface area (Å²) in [6.07, 6.45) is 1.68. The second-order valence-corrected chi connectivity index (χ2v) is 4.73. The zero-order valence-electron chi connectivity index (χ0n) is 12.1. The number of imide groups is 1. The Labute approximate surface area is 120 Å². The van der Waals surface area contributed by atoms with Crippen molar-refractivity contribution in [1.82, 2.24) is 10.6 Å². The summed E-state index contributed by atoms with van der Waals surface area (Å²) in [4.78, 5) is 22.7. The van der Waals surface area contributed by atoms with Crippen LogP contribution in [0.3, 0.4) is 0 Å². The number of amides is 2. The molecule has 0 bridgehead atoms. The maximum absolute atomic E-state index is 11.6. The Hall–Kier alpha value is -1.64. The van der Waals surface area contributed by atoms with Crippen LogP contribution in [0.1, 0.15) is 26.2 Å². The van der Waals surface area contributed by atoms with E-state index in [-0.39, 0.29) is 23.8 Å². The molecule has 20 heavy (non-hydrogen) atoms. The number of ether oxygens (including phenoxy) is 1. The number of carbonyl (C=O) groups is 2. The normalized spacial score (nSPS) is 19.8. The Morgan fingerprint density at radius 3 is 2.95 bits per heavy atom. The summed E-state index contributed by atoms with van der Waals surface area (Å²) in [6, 6.07) is -0.341. The number of hydrogen-bond donors (Lipinski definition) is 2. The van der Waals surface area contributed by atoms with Gasteiger partial charge in [0.2, 0.25) is 11.8 Å². The number of carbonyl (C=O) groups excluding carboxylic acids is 2. The fourth-order valence-electron chi connectivity index (χ4n) is 1.92. The highest BCUT2D eigenvalue weighted by molar-refractivity contribution is 6.00. The second kappa shape index (κ2) is 8.51. The van der Waals surface area contributed by atoms with Crippen molar-refractivity contribution in [2.24, 2.45) is 5.92 Å². The van der Waals surface area contributed by atoms with E-state index in [9.17, 15) is 9.59 Å². The third kappa shape index (κ3) is 5.16. The quantitative estimate of drug-likeness (QED) is 0.424. The summed E-state index contributed by atoms with van der Waals surface area (Å²) in [6.45, 7) is 6.97. The Bertz CT molecular complexity index is 434. The maximum atomic E-state index is 11.6.